The molecular formula is C22H27FN2O2. The molecule has 0 unspecified atom stereocenters. The Hall–Kier alpha value is -2.40. The predicted octanol–water partition coefficient (Wildman–Crippen LogP) is 3.34. The number of hydrogen-bond donors (Lipinski definition) is 1. The van der Waals surface area contributed by atoms with Crippen molar-refractivity contribution in [2.24, 2.45) is 0 Å². The Labute approximate surface area is 160 Å². The number of unbranched alkanes of at least 4 members (excludes halogenated alkanes) is 1. The first-order valence-corrected chi connectivity index (χ1v) is 9.64. The van der Waals surface area contributed by atoms with Crippen molar-refractivity contribution in [1.82, 2.24) is 5.32 Å². The van der Waals surface area contributed by atoms with Gasteiger partial charge in [-0.1, -0.05) is 30.3 Å². The van der Waals surface area contributed by atoms with Crippen molar-refractivity contribution in [2.75, 3.05) is 37.7 Å². The van der Waals surface area contributed by atoms with E-state index in [4.69, 9.17) is 4.74 Å². The van der Waals surface area contributed by atoms with Gasteiger partial charge in [0.2, 0.25) is 5.91 Å². The molecule has 1 heterocycles. The molecule has 27 heavy (non-hydrogen) atoms. The number of amides is 1. The lowest BCUT2D eigenvalue weighted by Gasteiger charge is -2.28. The lowest BCUT2D eigenvalue weighted by Crippen LogP contribution is -2.36. The van der Waals surface area contributed by atoms with Gasteiger partial charge in [0.15, 0.2) is 0 Å². The van der Waals surface area contributed by atoms with E-state index in [0.29, 0.717) is 19.4 Å². The van der Waals surface area contributed by atoms with E-state index in [2.05, 4.69) is 22.3 Å². The van der Waals surface area contributed by atoms with Crippen LogP contribution in [-0.4, -0.2) is 38.8 Å². The molecule has 2 aromatic carbocycles. The monoisotopic (exact) mass is 370 g/mol. The smallest absolute Gasteiger partial charge is 0.224 e. The maximum Gasteiger partial charge on any atom is 0.224 e. The second kappa shape index (κ2) is 10.1. The summed E-state index contributed by atoms with van der Waals surface area (Å²) in [6.07, 6.45) is 2.79. The number of ether oxygens (including phenoxy) is 1. The number of benzene rings is 2. The van der Waals surface area contributed by atoms with Crippen molar-refractivity contribution in [2.45, 2.75) is 25.7 Å². The van der Waals surface area contributed by atoms with Crippen LogP contribution in [0.1, 0.15) is 24.0 Å². The summed E-state index contributed by atoms with van der Waals surface area (Å²) in [5.74, 6) is -0.123. The zero-order chi connectivity index (χ0) is 18.9. The van der Waals surface area contributed by atoms with E-state index in [1.165, 1.54) is 11.8 Å². The second-order valence-corrected chi connectivity index (χ2v) is 6.84. The fourth-order valence-corrected chi connectivity index (χ4v) is 3.26. The third-order valence-electron chi connectivity index (χ3n) is 4.83. The minimum atomic E-state index is -0.151. The predicted molar refractivity (Wildman–Crippen MR) is 106 cm³/mol. The zero-order valence-corrected chi connectivity index (χ0v) is 15.6. The van der Waals surface area contributed by atoms with Gasteiger partial charge >= 0.3 is 0 Å². The van der Waals surface area contributed by atoms with Crippen LogP contribution in [0.2, 0.25) is 0 Å². The average Bonchev–Trinajstić information content (AvgIpc) is 2.70. The molecule has 0 aromatic heterocycles. The van der Waals surface area contributed by atoms with Gasteiger partial charge in [0, 0.05) is 25.3 Å². The van der Waals surface area contributed by atoms with Crippen LogP contribution in [0.15, 0.2) is 48.5 Å². The molecule has 1 N–H and O–H groups in total. The summed E-state index contributed by atoms with van der Waals surface area (Å²) in [6.45, 7) is 3.97. The van der Waals surface area contributed by atoms with Crippen molar-refractivity contribution in [3.8, 4) is 0 Å². The van der Waals surface area contributed by atoms with E-state index >= 15 is 0 Å². The number of anilines is 1. The number of nitrogens with one attached hydrogen (secondary N) is 1. The minimum Gasteiger partial charge on any atom is -0.378 e. The Bertz CT molecular complexity index is 727. The molecule has 1 saturated heterocycles. The van der Waals surface area contributed by atoms with Crippen molar-refractivity contribution < 1.29 is 13.9 Å². The van der Waals surface area contributed by atoms with E-state index in [1.54, 1.807) is 6.07 Å². The lowest BCUT2D eigenvalue weighted by atomic mass is 10.1. The Morgan fingerprint density at radius 2 is 1.78 bits per heavy atom. The molecule has 144 valence electrons. The van der Waals surface area contributed by atoms with Crippen LogP contribution in [0.3, 0.4) is 0 Å². The summed E-state index contributed by atoms with van der Waals surface area (Å²) in [6, 6.07) is 15.0. The van der Waals surface area contributed by atoms with Crippen LogP contribution in [0.25, 0.3) is 0 Å². The summed E-state index contributed by atoms with van der Waals surface area (Å²) in [4.78, 5) is 14.4. The molecule has 0 spiro atoms. The second-order valence-electron chi connectivity index (χ2n) is 6.84. The van der Waals surface area contributed by atoms with Gasteiger partial charge in [0.25, 0.3) is 0 Å². The molecule has 0 atom stereocenters. The highest BCUT2D eigenvalue weighted by molar-refractivity contribution is 5.78. The number of hydrogen-bond acceptors (Lipinski definition) is 3. The van der Waals surface area contributed by atoms with E-state index in [-0.39, 0.29) is 11.7 Å². The summed E-state index contributed by atoms with van der Waals surface area (Å²) < 4.78 is 18.9. The fourth-order valence-electron chi connectivity index (χ4n) is 3.26. The van der Waals surface area contributed by atoms with Crippen LogP contribution in [0.4, 0.5) is 10.1 Å². The van der Waals surface area contributed by atoms with Crippen molar-refractivity contribution in [3.63, 3.8) is 0 Å². The zero-order valence-electron chi connectivity index (χ0n) is 15.6. The fraction of sp³-hybridized carbons (Fsp3) is 0.409. The number of carbonyl (C=O) groups is 1. The maximum absolute atomic E-state index is 13.5. The SMILES string of the molecule is O=C(Cc1ccc(N2CCOCC2)cc1)NCCCCc1ccccc1F. The minimum absolute atomic E-state index is 0.0278. The lowest BCUT2D eigenvalue weighted by molar-refractivity contribution is -0.120. The number of carbonyl (C=O) groups excluding carboxylic acids is 1. The van der Waals surface area contributed by atoms with Gasteiger partial charge in [-0.2, -0.15) is 0 Å². The molecule has 4 nitrogen and oxygen atoms in total. The van der Waals surface area contributed by atoms with Crippen molar-refractivity contribution in [1.29, 1.82) is 0 Å². The quantitative estimate of drug-likeness (QED) is 0.725. The highest BCUT2D eigenvalue weighted by Gasteiger charge is 2.11. The first-order valence-electron chi connectivity index (χ1n) is 9.64. The van der Waals surface area contributed by atoms with Crippen LogP contribution >= 0.6 is 0 Å². The van der Waals surface area contributed by atoms with Crippen LogP contribution in [0.5, 0.6) is 0 Å². The molecule has 3 rings (SSSR count). The van der Waals surface area contributed by atoms with Gasteiger partial charge in [-0.05, 0) is 48.6 Å². The third kappa shape index (κ3) is 6.07. The molecule has 2 aromatic rings. The summed E-state index contributed by atoms with van der Waals surface area (Å²) in [5, 5.41) is 2.95. The Balaban J connectivity index is 1.34. The van der Waals surface area contributed by atoms with Crippen molar-refractivity contribution >= 4 is 11.6 Å². The van der Waals surface area contributed by atoms with Gasteiger partial charge in [-0.3, -0.25) is 4.79 Å². The van der Waals surface area contributed by atoms with E-state index in [0.717, 1.165) is 50.3 Å². The maximum atomic E-state index is 13.5. The molecule has 0 saturated carbocycles. The Kier molecular flexibility index (Phi) is 7.22. The van der Waals surface area contributed by atoms with Crippen LogP contribution < -0.4 is 10.2 Å². The first kappa shape index (κ1) is 19.4. The summed E-state index contributed by atoms with van der Waals surface area (Å²) >= 11 is 0. The van der Waals surface area contributed by atoms with Crippen LogP contribution in [0, 0.1) is 5.82 Å². The standard InChI is InChI=1S/C22H27FN2O2/c23-21-7-2-1-5-19(21)6-3-4-12-24-22(26)17-18-8-10-20(11-9-18)25-13-15-27-16-14-25/h1-2,5,7-11H,3-4,6,12-17H2,(H,24,26). The summed E-state index contributed by atoms with van der Waals surface area (Å²) in [5.41, 5.74) is 2.93. The summed E-state index contributed by atoms with van der Waals surface area (Å²) in [7, 11) is 0. The molecule has 0 radical (unpaired) electrons. The Morgan fingerprint density at radius 1 is 1.04 bits per heavy atom. The van der Waals surface area contributed by atoms with E-state index < -0.39 is 0 Å². The van der Waals surface area contributed by atoms with E-state index in [1.807, 2.05) is 24.3 Å². The van der Waals surface area contributed by atoms with Gasteiger partial charge in [-0.25, -0.2) is 4.39 Å². The highest BCUT2D eigenvalue weighted by Crippen LogP contribution is 2.17. The molecule has 1 aliphatic rings. The number of aryl methyl sites for hydroxylation is 1. The highest BCUT2D eigenvalue weighted by atomic mass is 19.1. The van der Waals surface area contributed by atoms with Gasteiger partial charge in [0.1, 0.15) is 5.82 Å². The van der Waals surface area contributed by atoms with E-state index in [9.17, 15) is 9.18 Å². The largest absolute Gasteiger partial charge is 0.378 e. The van der Waals surface area contributed by atoms with Gasteiger partial charge in [0.05, 0.1) is 19.6 Å². The number of morpholine rings is 1. The Morgan fingerprint density at radius 3 is 2.52 bits per heavy atom. The number of rotatable bonds is 8. The molecule has 5 heteroatoms. The topological polar surface area (TPSA) is 41.6 Å². The molecule has 1 amide bonds. The molecule has 1 fully saturated rings. The number of halogens is 1. The third-order valence-corrected chi connectivity index (χ3v) is 4.83. The van der Waals surface area contributed by atoms with Gasteiger partial charge in [-0.15, -0.1) is 0 Å². The number of nitrogens with zero attached hydrogens (tertiary/aromatic N) is 1. The molecular weight excluding hydrogens is 343 g/mol. The normalized spacial score (nSPS) is 14.2. The molecule has 0 bridgehead atoms. The van der Waals surface area contributed by atoms with Gasteiger partial charge < -0.3 is 15.0 Å². The average molecular weight is 370 g/mol. The van der Waals surface area contributed by atoms with Crippen molar-refractivity contribution in [3.05, 3.63) is 65.5 Å². The molecule has 1 aliphatic heterocycles. The van der Waals surface area contributed by atoms with Crippen LogP contribution in [-0.2, 0) is 22.4 Å². The first-order chi connectivity index (χ1) is 13.2. The molecule has 0 aliphatic carbocycles.